The zero-order valence-electron chi connectivity index (χ0n) is 11.2. The molecule has 0 aliphatic rings. The normalized spacial score (nSPS) is 10.5. The number of nitrogens with zero attached hydrogens (tertiary/aromatic N) is 1. The van der Waals surface area contributed by atoms with Crippen molar-refractivity contribution in [3.63, 3.8) is 0 Å². The van der Waals surface area contributed by atoms with Crippen molar-refractivity contribution in [3.05, 3.63) is 59.0 Å². The molecular weight excluding hydrogens is 240 g/mol. The zero-order chi connectivity index (χ0) is 13.8. The second kappa shape index (κ2) is 5.71. The van der Waals surface area contributed by atoms with Gasteiger partial charge in [0.1, 0.15) is 5.76 Å². The molecule has 4 nitrogen and oxygen atoms in total. The number of aryl methyl sites for hydroxylation is 1. The predicted octanol–water partition coefficient (Wildman–Crippen LogP) is 2.32. The number of benzene rings is 1. The predicted molar refractivity (Wildman–Crippen MR) is 73.6 cm³/mol. The average Bonchev–Trinajstić information content (AvgIpc) is 2.85. The molecule has 1 heterocycles. The molecule has 0 radical (unpaired) electrons. The molecule has 2 aromatic rings. The van der Waals surface area contributed by atoms with E-state index < -0.39 is 0 Å². The first kappa shape index (κ1) is 13.4. The molecule has 2 N–H and O–H groups in total. The number of hydrogen-bond acceptors (Lipinski definition) is 3. The lowest BCUT2D eigenvalue weighted by atomic mass is 10.1. The molecule has 1 aromatic heterocycles. The van der Waals surface area contributed by atoms with Crippen LogP contribution >= 0.6 is 0 Å². The Morgan fingerprint density at radius 1 is 1.21 bits per heavy atom. The highest BCUT2D eigenvalue weighted by molar-refractivity contribution is 5.91. The van der Waals surface area contributed by atoms with Gasteiger partial charge in [0.25, 0.3) is 5.91 Å². The van der Waals surface area contributed by atoms with Gasteiger partial charge in [-0.25, -0.2) is 0 Å². The molecule has 0 unspecified atom stereocenters. The van der Waals surface area contributed by atoms with Crippen molar-refractivity contribution in [2.24, 2.45) is 5.73 Å². The van der Waals surface area contributed by atoms with Crippen molar-refractivity contribution in [2.75, 3.05) is 7.05 Å². The lowest BCUT2D eigenvalue weighted by Crippen LogP contribution is -2.26. The molecule has 2 rings (SSSR count). The summed E-state index contributed by atoms with van der Waals surface area (Å²) >= 11 is 0. The number of carbonyl (C=O) groups is 1. The molecule has 0 spiro atoms. The van der Waals surface area contributed by atoms with E-state index in [-0.39, 0.29) is 5.91 Å². The van der Waals surface area contributed by atoms with E-state index >= 15 is 0 Å². The summed E-state index contributed by atoms with van der Waals surface area (Å²) in [5, 5.41) is 0. The Bertz CT molecular complexity index is 575. The zero-order valence-corrected chi connectivity index (χ0v) is 11.2. The van der Waals surface area contributed by atoms with Crippen LogP contribution in [0.5, 0.6) is 0 Å². The number of furan rings is 1. The van der Waals surface area contributed by atoms with Crippen LogP contribution in [0.4, 0.5) is 0 Å². The van der Waals surface area contributed by atoms with Gasteiger partial charge in [0.2, 0.25) is 0 Å². The molecule has 0 aliphatic heterocycles. The number of hydrogen-bond donors (Lipinski definition) is 1. The first-order valence-electron chi connectivity index (χ1n) is 6.20. The topological polar surface area (TPSA) is 59.5 Å². The van der Waals surface area contributed by atoms with Crippen LogP contribution < -0.4 is 5.73 Å². The van der Waals surface area contributed by atoms with Crippen LogP contribution in [-0.4, -0.2) is 17.9 Å². The third-order valence-corrected chi connectivity index (χ3v) is 3.04. The maximum Gasteiger partial charge on any atom is 0.289 e. The molecule has 0 atom stereocenters. The average molecular weight is 258 g/mol. The van der Waals surface area contributed by atoms with Crippen molar-refractivity contribution in [2.45, 2.75) is 20.0 Å². The minimum Gasteiger partial charge on any atom is -0.456 e. The molecule has 1 aromatic carbocycles. The van der Waals surface area contributed by atoms with Crippen LogP contribution in [0.15, 0.2) is 40.8 Å². The van der Waals surface area contributed by atoms with Gasteiger partial charge in [-0.2, -0.15) is 0 Å². The Balaban J connectivity index is 2.12. The Labute approximate surface area is 112 Å². The van der Waals surface area contributed by atoms with E-state index in [1.165, 1.54) is 0 Å². The second-order valence-electron chi connectivity index (χ2n) is 4.54. The molecule has 4 heteroatoms. The van der Waals surface area contributed by atoms with Crippen molar-refractivity contribution in [1.82, 2.24) is 4.90 Å². The summed E-state index contributed by atoms with van der Waals surface area (Å²) in [6.07, 6.45) is 0. The van der Waals surface area contributed by atoms with Gasteiger partial charge >= 0.3 is 0 Å². The quantitative estimate of drug-likeness (QED) is 0.915. The van der Waals surface area contributed by atoms with Gasteiger partial charge in [0.05, 0.1) is 0 Å². The van der Waals surface area contributed by atoms with Gasteiger partial charge in [0.15, 0.2) is 5.76 Å². The van der Waals surface area contributed by atoms with Crippen LogP contribution in [0, 0.1) is 6.92 Å². The van der Waals surface area contributed by atoms with Crippen molar-refractivity contribution < 1.29 is 9.21 Å². The number of rotatable bonds is 4. The van der Waals surface area contributed by atoms with E-state index in [1.807, 2.05) is 31.2 Å². The van der Waals surface area contributed by atoms with Crippen molar-refractivity contribution in [3.8, 4) is 0 Å². The molecule has 0 bridgehead atoms. The van der Waals surface area contributed by atoms with E-state index in [9.17, 15) is 4.79 Å². The van der Waals surface area contributed by atoms with Crippen LogP contribution in [0.2, 0.25) is 0 Å². The van der Waals surface area contributed by atoms with Crippen LogP contribution in [0.25, 0.3) is 0 Å². The molecule has 0 saturated heterocycles. The van der Waals surface area contributed by atoms with Crippen LogP contribution in [0.3, 0.4) is 0 Å². The van der Waals surface area contributed by atoms with E-state index in [0.29, 0.717) is 18.8 Å². The third kappa shape index (κ3) is 3.03. The van der Waals surface area contributed by atoms with E-state index in [1.54, 1.807) is 24.1 Å². The van der Waals surface area contributed by atoms with Gasteiger partial charge in [-0.15, -0.1) is 0 Å². The summed E-state index contributed by atoms with van der Waals surface area (Å²) in [4.78, 5) is 13.8. The lowest BCUT2D eigenvalue weighted by molar-refractivity contribution is 0.0752. The lowest BCUT2D eigenvalue weighted by Gasteiger charge is -2.17. The molecule has 0 fully saturated rings. The smallest absolute Gasteiger partial charge is 0.289 e. The van der Waals surface area contributed by atoms with Crippen molar-refractivity contribution >= 4 is 5.91 Å². The number of amides is 1. The highest BCUT2D eigenvalue weighted by atomic mass is 16.3. The molecule has 0 saturated carbocycles. The number of carbonyl (C=O) groups excluding carboxylic acids is 1. The molecule has 100 valence electrons. The SMILES string of the molecule is Cc1ccc(C(=O)N(C)Cc2ccccc2CN)o1. The highest BCUT2D eigenvalue weighted by Gasteiger charge is 2.16. The van der Waals surface area contributed by atoms with Crippen LogP contribution in [0.1, 0.15) is 27.4 Å². The van der Waals surface area contributed by atoms with E-state index in [4.69, 9.17) is 10.2 Å². The molecule has 0 aliphatic carbocycles. The maximum atomic E-state index is 12.2. The largest absolute Gasteiger partial charge is 0.456 e. The molecular formula is C15H18N2O2. The summed E-state index contributed by atoms with van der Waals surface area (Å²) in [6.45, 7) is 2.81. The Morgan fingerprint density at radius 2 is 1.89 bits per heavy atom. The summed E-state index contributed by atoms with van der Waals surface area (Å²) in [5.74, 6) is 0.976. The first-order valence-corrected chi connectivity index (χ1v) is 6.20. The van der Waals surface area contributed by atoms with Gasteiger partial charge in [-0.1, -0.05) is 24.3 Å². The molecule has 19 heavy (non-hydrogen) atoms. The highest BCUT2D eigenvalue weighted by Crippen LogP contribution is 2.14. The second-order valence-corrected chi connectivity index (χ2v) is 4.54. The standard InChI is InChI=1S/C15H18N2O2/c1-11-7-8-14(19-11)15(18)17(2)10-13-6-4-3-5-12(13)9-16/h3-8H,9-10,16H2,1-2H3. The summed E-state index contributed by atoms with van der Waals surface area (Å²) < 4.78 is 5.34. The van der Waals surface area contributed by atoms with Crippen molar-refractivity contribution in [1.29, 1.82) is 0 Å². The Hall–Kier alpha value is -2.07. The number of nitrogens with two attached hydrogens (primary N) is 1. The van der Waals surface area contributed by atoms with E-state index in [0.717, 1.165) is 16.9 Å². The minimum absolute atomic E-state index is 0.125. The maximum absolute atomic E-state index is 12.2. The van der Waals surface area contributed by atoms with Gasteiger partial charge in [-0.3, -0.25) is 4.79 Å². The van der Waals surface area contributed by atoms with Crippen LogP contribution in [-0.2, 0) is 13.1 Å². The fraction of sp³-hybridized carbons (Fsp3) is 0.267. The first-order chi connectivity index (χ1) is 9.11. The van der Waals surface area contributed by atoms with E-state index in [2.05, 4.69) is 0 Å². The Kier molecular flexibility index (Phi) is 4.02. The fourth-order valence-electron chi connectivity index (χ4n) is 1.98. The monoisotopic (exact) mass is 258 g/mol. The van der Waals surface area contributed by atoms with Gasteiger partial charge < -0.3 is 15.1 Å². The van der Waals surface area contributed by atoms with Gasteiger partial charge in [0, 0.05) is 20.1 Å². The summed E-state index contributed by atoms with van der Waals surface area (Å²) in [6, 6.07) is 11.3. The molecule has 1 amide bonds. The summed E-state index contributed by atoms with van der Waals surface area (Å²) in [5.41, 5.74) is 7.81. The minimum atomic E-state index is -0.125. The summed E-state index contributed by atoms with van der Waals surface area (Å²) in [7, 11) is 1.76. The van der Waals surface area contributed by atoms with Gasteiger partial charge in [-0.05, 0) is 30.2 Å². The third-order valence-electron chi connectivity index (χ3n) is 3.04. The Morgan fingerprint density at radius 3 is 2.47 bits per heavy atom. The fourth-order valence-corrected chi connectivity index (χ4v) is 1.98.